The lowest BCUT2D eigenvalue weighted by atomic mass is 9.85. The molecule has 14 heteroatoms. The summed E-state index contributed by atoms with van der Waals surface area (Å²) in [4.78, 5) is 24.0. The third kappa shape index (κ3) is 11.3. The van der Waals surface area contributed by atoms with Gasteiger partial charge in [0, 0.05) is 41.8 Å². The summed E-state index contributed by atoms with van der Waals surface area (Å²) < 4.78 is 49.1. The Balaban J connectivity index is 0.000000244. The number of nitrogens with one attached hydrogen (secondary N) is 2. The molecule has 3 atom stereocenters. The van der Waals surface area contributed by atoms with Gasteiger partial charge in [-0.15, -0.1) is 13.2 Å². The number of benzene rings is 2. The van der Waals surface area contributed by atoms with Gasteiger partial charge in [-0.1, -0.05) is 59.7 Å². The van der Waals surface area contributed by atoms with Gasteiger partial charge in [0.15, 0.2) is 5.96 Å². The normalized spacial score (nSPS) is 17.1. The summed E-state index contributed by atoms with van der Waals surface area (Å²) in [6, 6.07) is 14.9. The van der Waals surface area contributed by atoms with Gasteiger partial charge in [-0.25, -0.2) is 4.79 Å². The molecule has 0 radical (unpaired) electrons. The van der Waals surface area contributed by atoms with Crippen molar-refractivity contribution in [2.75, 3.05) is 19.6 Å². The highest BCUT2D eigenvalue weighted by Gasteiger charge is 2.33. The van der Waals surface area contributed by atoms with Crippen molar-refractivity contribution in [3.63, 3.8) is 0 Å². The highest BCUT2D eigenvalue weighted by Crippen LogP contribution is 2.38. The average Bonchev–Trinajstić information content (AvgIpc) is 3.70. The highest BCUT2D eigenvalue weighted by molar-refractivity contribution is 5.76. The summed E-state index contributed by atoms with van der Waals surface area (Å²) in [5.41, 5.74) is 20.7. The molecular formula is C38H53F3N8O3. The van der Waals surface area contributed by atoms with Crippen molar-refractivity contribution in [2.45, 2.75) is 103 Å². The number of alkyl halides is 3. The second-order valence-electron chi connectivity index (χ2n) is 15.2. The van der Waals surface area contributed by atoms with Crippen molar-refractivity contribution < 1.29 is 22.6 Å². The summed E-state index contributed by atoms with van der Waals surface area (Å²) in [6.45, 7) is 16.1. The zero-order valence-electron chi connectivity index (χ0n) is 31.1. The first-order valence-electron chi connectivity index (χ1n) is 17.5. The third-order valence-corrected chi connectivity index (χ3v) is 8.84. The molecule has 1 aliphatic rings. The number of H-pyrrole nitrogens is 1. The first-order chi connectivity index (χ1) is 24.2. The van der Waals surface area contributed by atoms with Gasteiger partial charge >= 0.3 is 12.1 Å². The molecule has 0 amide bonds. The number of guanidine groups is 1. The van der Waals surface area contributed by atoms with Crippen LogP contribution in [0.3, 0.4) is 0 Å². The van der Waals surface area contributed by atoms with Crippen molar-refractivity contribution in [1.29, 1.82) is 0 Å². The van der Waals surface area contributed by atoms with Crippen LogP contribution in [0.15, 0.2) is 64.5 Å². The second kappa shape index (κ2) is 16.5. The fourth-order valence-electron chi connectivity index (χ4n) is 5.79. The number of aliphatic imine (C=N–C) groups is 1. The quantitative estimate of drug-likeness (QED) is 0.0711. The minimum absolute atomic E-state index is 0.0322. The van der Waals surface area contributed by atoms with Gasteiger partial charge in [-0.05, 0) is 85.2 Å². The Morgan fingerprint density at radius 2 is 1.75 bits per heavy atom. The maximum atomic E-state index is 12.6. The maximum Gasteiger partial charge on any atom is 0.573 e. The molecule has 2 aromatic carbocycles. The standard InChI is InChI=1S/C22H31N7O.C16H22F3NO2/c1-14(25-10-5-11-26-20(23)24)15-6-8-17(9-7-15)29-13-16-12-18(22(2,3)4)27-19(16)28-21(29)30;1-15(2,3)11-6-10(14-5-4-12(9-20)21-14)7-13(8-11)22-16(17,18)19/h6-9,12-14,25H,5,10-11H2,1-4H3,(H4,23,24,26)(H,27,28,30);6-8,12,14H,4-5,9,20H2,1-3H3/t14-;12-,14?/m01/s1. The van der Waals surface area contributed by atoms with Gasteiger partial charge in [0.05, 0.1) is 17.9 Å². The van der Waals surface area contributed by atoms with E-state index in [-0.39, 0.29) is 46.5 Å². The molecule has 11 nitrogen and oxygen atoms in total. The summed E-state index contributed by atoms with van der Waals surface area (Å²) >= 11 is 0. The number of nitrogens with zero attached hydrogens (tertiary/aromatic N) is 3. The SMILES string of the molecule is CC(C)(C)c1cc(OC(F)(F)F)cc(C2CC[C@H](CN)O2)c1.C[C@H](NCCCN=C(N)N)c1ccc(-n2cc3cc(C(C)(C)C)[nH]c3nc2=O)cc1. The third-order valence-electron chi connectivity index (χ3n) is 8.84. The van der Waals surface area contributed by atoms with Crippen LogP contribution in [0.5, 0.6) is 5.75 Å². The summed E-state index contributed by atoms with van der Waals surface area (Å²) in [6.07, 6.45) is -0.700. The molecule has 284 valence electrons. The van der Waals surface area contributed by atoms with E-state index in [2.05, 4.69) is 58.8 Å². The lowest BCUT2D eigenvalue weighted by Gasteiger charge is -2.23. The number of nitrogens with two attached hydrogens (primary N) is 3. The Hall–Kier alpha value is -4.40. The molecule has 5 rings (SSSR count). The van der Waals surface area contributed by atoms with Gasteiger partial charge in [-0.3, -0.25) is 9.56 Å². The maximum absolute atomic E-state index is 12.6. The molecule has 1 unspecified atom stereocenters. The summed E-state index contributed by atoms with van der Waals surface area (Å²) in [5.74, 6) is -0.0782. The van der Waals surface area contributed by atoms with Crippen LogP contribution in [-0.2, 0) is 15.6 Å². The average molecular weight is 727 g/mol. The van der Waals surface area contributed by atoms with E-state index in [1.54, 1.807) is 4.57 Å². The number of fused-ring (bicyclic) bond motifs is 1. The number of aromatic amines is 1. The molecular weight excluding hydrogens is 673 g/mol. The summed E-state index contributed by atoms with van der Waals surface area (Å²) in [5, 5.41) is 4.36. The predicted octanol–water partition coefficient (Wildman–Crippen LogP) is 6.39. The van der Waals surface area contributed by atoms with Crippen molar-refractivity contribution in [3.05, 3.63) is 87.6 Å². The Kier molecular flexibility index (Phi) is 12.8. The number of hydrogen-bond donors (Lipinski definition) is 5. The Morgan fingerprint density at radius 3 is 2.33 bits per heavy atom. The van der Waals surface area contributed by atoms with Crippen LogP contribution in [0.2, 0.25) is 0 Å². The molecule has 3 heterocycles. The van der Waals surface area contributed by atoms with Gasteiger partial charge < -0.3 is 37.0 Å². The Morgan fingerprint density at radius 1 is 1.06 bits per heavy atom. The van der Waals surface area contributed by atoms with E-state index in [0.717, 1.165) is 53.7 Å². The van der Waals surface area contributed by atoms with Gasteiger partial charge in [0.2, 0.25) is 0 Å². The zero-order chi connectivity index (χ0) is 38.4. The number of ether oxygens (including phenoxy) is 2. The molecule has 4 aromatic rings. The van der Waals surface area contributed by atoms with Crippen LogP contribution >= 0.6 is 0 Å². The minimum atomic E-state index is -4.70. The molecule has 1 saturated heterocycles. The van der Waals surface area contributed by atoms with Gasteiger partial charge in [-0.2, -0.15) is 4.98 Å². The van der Waals surface area contributed by atoms with Gasteiger partial charge in [0.1, 0.15) is 11.4 Å². The fraction of sp³-hybridized carbons (Fsp3) is 0.500. The lowest BCUT2D eigenvalue weighted by Crippen LogP contribution is -2.24. The van der Waals surface area contributed by atoms with Crippen LogP contribution < -0.4 is 32.9 Å². The van der Waals surface area contributed by atoms with E-state index in [0.29, 0.717) is 24.3 Å². The van der Waals surface area contributed by atoms with E-state index in [1.807, 2.05) is 57.3 Å². The molecule has 52 heavy (non-hydrogen) atoms. The first-order valence-corrected chi connectivity index (χ1v) is 17.5. The smallest absolute Gasteiger partial charge is 0.406 e. The van der Waals surface area contributed by atoms with Crippen molar-refractivity contribution >= 4 is 17.0 Å². The Bertz CT molecular complexity index is 1870. The largest absolute Gasteiger partial charge is 0.573 e. The molecule has 8 N–H and O–H groups in total. The molecule has 1 fully saturated rings. The van der Waals surface area contributed by atoms with Crippen molar-refractivity contribution in [2.24, 2.45) is 22.2 Å². The molecule has 1 aliphatic heterocycles. The lowest BCUT2D eigenvalue weighted by molar-refractivity contribution is -0.274. The monoisotopic (exact) mass is 726 g/mol. The second-order valence-corrected chi connectivity index (χ2v) is 15.2. The van der Waals surface area contributed by atoms with E-state index in [4.69, 9.17) is 21.9 Å². The highest BCUT2D eigenvalue weighted by atomic mass is 19.4. The van der Waals surface area contributed by atoms with E-state index in [1.165, 1.54) is 12.1 Å². The molecule has 0 saturated carbocycles. The van der Waals surface area contributed by atoms with Crippen molar-refractivity contribution in [1.82, 2.24) is 19.9 Å². The van der Waals surface area contributed by atoms with E-state index < -0.39 is 6.36 Å². The van der Waals surface area contributed by atoms with Crippen LogP contribution in [0, 0.1) is 0 Å². The van der Waals surface area contributed by atoms with Crippen LogP contribution in [0.1, 0.15) is 102 Å². The fourth-order valence-corrected chi connectivity index (χ4v) is 5.79. The summed E-state index contributed by atoms with van der Waals surface area (Å²) in [7, 11) is 0. The molecule has 0 spiro atoms. The van der Waals surface area contributed by atoms with Crippen LogP contribution in [0.4, 0.5) is 13.2 Å². The Labute approximate surface area is 303 Å². The molecule has 0 bridgehead atoms. The molecule has 2 aromatic heterocycles. The van der Waals surface area contributed by atoms with Crippen molar-refractivity contribution in [3.8, 4) is 11.4 Å². The van der Waals surface area contributed by atoms with E-state index in [9.17, 15) is 18.0 Å². The zero-order valence-corrected chi connectivity index (χ0v) is 31.1. The first kappa shape index (κ1) is 40.4. The number of aromatic nitrogens is 3. The van der Waals surface area contributed by atoms with Crippen LogP contribution in [-0.4, -0.2) is 52.6 Å². The number of rotatable bonds is 10. The minimum Gasteiger partial charge on any atom is -0.406 e. The van der Waals surface area contributed by atoms with Gasteiger partial charge in [0.25, 0.3) is 0 Å². The predicted molar refractivity (Wildman–Crippen MR) is 200 cm³/mol. The number of hydrogen-bond acceptors (Lipinski definition) is 7. The topological polar surface area (TPSA) is 172 Å². The molecule has 0 aliphatic carbocycles. The number of halogens is 3. The van der Waals surface area contributed by atoms with Crippen LogP contribution in [0.25, 0.3) is 16.7 Å². The van der Waals surface area contributed by atoms with E-state index >= 15 is 0 Å².